The molecular weight excluding hydrogens is 194 g/mol. The highest BCUT2D eigenvalue weighted by atomic mass is 16.5. The van der Waals surface area contributed by atoms with Gasteiger partial charge in [-0.3, -0.25) is 4.79 Å². The van der Waals surface area contributed by atoms with Crippen LogP contribution in [0.25, 0.3) is 0 Å². The Morgan fingerprint density at radius 3 is 2.33 bits per heavy atom. The van der Waals surface area contributed by atoms with Gasteiger partial charge in [0.2, 0.25) is 0 Å². The van der Waals surface area contributed by atoms with E-state index in [0.29, 0.717) is 5.56 Å². The molecule has 0 amide bonds. The number of hydroxylamine groups is 2. The van der Waals surface area contributed by atoms with E-state index >= 15 is 0 Å². The van der Waals surface area contributed by atoms with Crippen LogP contribution in [0.5, 0.6) is 5.75 Å². The topological polar surface area (TPSA) is 60.8 Å². The Balaban J connectivity index is 2.65. The third kappa shape index (κ3) is 3.34. The quantitative estimate of drug-likeness (QED) is 0.585. The van der Waals surface area contributed by atoms with Crippen molar-refractivity contribution in [3.8, 4) is 5.75 Å². The zero-order valence-electron chi connectivity index (χ0n) is 8.84. The molecule has 0 saturated carbocycles. The van der Waals surface area contributed by atoms with Crippen LogP contribution in [-0.2, 0) is 0 Å². The van der Waals surface area contributed by atoms with Gasteiger partial charge in [0, 0.05) is 11.6 Å². The molecule has 0 aliphatic rings. The van der Waals surface area contributed by atoms with E-state index in [0.717, 1.165) is 5.06 Å². The summed E-state index contributed by atoms with van der Waals surface area (Å²) in [7, 11) is 0. The molecule has 0 fully saturated rings. The van der Waals surface area contributed by atoms with Crippen molar-refractivity contribution in [3.63, 3.8) is 0 Å². The molecule has 0 saturated heterocycles. The van der Waals surface area contributed by atoms with Crippen LogP contribution in [0.4, 0.5) is 0 Å². The summed E-state index contributed by atoms with van der Waals surface area (Å²) < 4.78 is 0. The number of Topliss-reactive ketones (excluding diaryl/α,β-unsaturated/α-hetero) is 1. The van der Waals surface area contributed by atoms with Crippen LogP contribution in [0, 0.1) is 0 Å². The fourth-order valence-corrected chi connectivity index (χ4v) is 1.07. The van der Waals surface area contributed by atoms with Crippen molar-refractivity contribution in [2.45, 2.75) is 19.9 Å². The predicted octanol–water partition coefficient (Wildman–Crippen LogP) is 1.67. The number of phenols is 1. The number of ketones is 1. The number of carbonyl (C=O) groups excluding carboxylic acids is 1. The Hall–Kier alpha value is -1.39. The van der Waals surface area contributed by atoms with Gasteiger partial charge in [-0.1, -0.05) is 0 Å². The molecule has 82 valence electrons. The molecule has 0 atom stereocenters. The van der Waals surface area contributed by atoms with Gasteiger partial charge in [0.15, 0.2) is 5.78 Å². The average molecular weight is 209 g/mol. The highest BCUT2D eigenvalue weighted by molar-refractivity contribution is 5.97. The minimum absolute atomic E-state index is 0.0392. The first-order valence-electron chi connectivity index (χ1n) is 4.78. The van der Waals surface area contributed by atoms with Crippen LogP contribution in [0.15, 0.2) is 24.3 Å². The van der Waals surface area contributed by atoms with Crippen LogP contribution >= 0.6 is 0 Å². The van der Waals surface area contributed by atoms with E-state index < -0.39 is 0 Å². The summed E-state index contributed by atoms with van der Waals surface area (Å²) in [6, 6.07) is 5.87. The number of rotatable bonds is 4. The van der Waals surface area contributed by atoms with Gasteiger partial charge >= 0.3 is 0 Å². The molecule has 15 heavy (non-hydrogen) atoms. The molecule has 2 N–H and O–H groups in total. The molecular formula is C11H15NO3. The number of hydrogen-bond donors (Lipinski definition) is 2. The molecule has 0 bridgehead atoms. The van der Waals surface area contributed by atoms with E-state index in [4.69, 9.17) is 5.11 Å². The highest BCUT2D eigenvalue weighted by Crippen LogP contribution is 2.10. The summed E-state index contributed by atoms with van der Waals surface area (Å²) in [5.41, 5.74) is 0.479. The number of benzene rings is 1. The van der Waals surface area contributed by atoms with E-state index in [2.05, 4.69) is 0 Å². The lowest BCUT2D eigenvalue weighted by Gasteiger charge is -2.17. The Morgan fingerprint density at radius 2 is 1.87 bits per heavy atom. The third-order valence-electron chi connectivity index (χ3n) is 2.09. The lowest BCUT2D eigenvalue weighted by atomic mass is 10.1. The van der Waals surface area contributed by atoms with Crippen molar-refractivity contribution in [2.75, 3.05) is 6.54 Å². The van der Waals surface area contributed by atoms with Gasteiger partial charge in [-0.2, -0.15) is 5.06 Å². The molecule has 4 nitrogen and oxygen atoms in total. The maximum Gasteiger partial charge on any atom is 0.179 e. The van der Waals surface area contributed by atoms with Gasteiger partial charge < -0.3 is 10.3 Å². The van der Waals surface area contributed by atoms with Crippen molar-refractivity contribution < 1.29 is 15.1 Å². The minimum Gasteiger partial charge on any atom is -0.508 e. The third-order valence-corrected chi connectivity index (χ3v) is 2.09. The zero-order valence-corrected chi connectivity index (χ0v) is 8.84. The normalized spacial score (nSPS) is 11.0. The molecule has 0 radical (unpaired) electrons. The summed E-state index contributed by atoms with van der Waals surface area (Å²) in [6.45, 7) is 3.55. The van der Waals surface area contributed by atoms with Crippen molar-refractivity contribution in [1.82, 2.24) is 5.06 Å². The molecule has 1 aromatic rings. The molecule has 4 heteroatoms. The lowest BCUT2D eigenvalue weighted by Crippen LogP contribution is -2.32. The van der Waals surface area contributed by atoms with Crippen molar-refractivity contribution in [2.24, 2.45) is 0 Å². The SMILES string of the molecule is CC(C)N(O)CC(=O)c1ccc(O)cc1. The Kier molecular flexibility index (Phi) is 3.82. The van der Waals surface area contributed by atoms with Crippen molar-refractivity contribution >= 4 is 5.78 Å². The van der Waals surface area contributed by atoms with Crippen LogP contribution in [0.1, 0.15) is 24.2 Å². The first-order chi connectivity index (χ1) is 7.00. The van der Waals surface area contributed by atoms with Gasteiger partial charge in [0.1, 0.15) is 5.75 Å². The second kappa shape index (κ2) is 4.91. The molecule has 0 spiro atoms. The molecule has 1 rings (SSSR count). The smallest absolute Gasteiger partial charge is 0.179 e. The maximum atomic E-state index is 11.6. The summed E-state index contributed by atoms with van der Waals surface area (Å²) in [4.78, 5) is 11.6. The molecule has 0 aliphatic carbocycles. The number of aromatic hydroxyl groups is 1. The van der Waals surface area contributed by atoms with Crippen LogP contribution in [-0.4, -0.2) is 33.7 Å². The van der Waals surface area contributed by atoms with Crippen molar-refractivity contribution in [1.29, 1.82) is 0 Å². The highest BCUT2D eigenvalue weighted by Gasteiger charge is 2.12. The van der Waals surface area contributed by atoms with E-state index in [1.54, 1.807) is 13.8 Å². The fourth-order valence-electron chi connectivity index (χ4n) is 1.07. The Morgan fingerprint density at radius 1 is 1.33 bits per heavy atom. The second-order valence-electron chi connectivity index (χ2n) is 3.66. The van der Waals surface area contributed by atoms with Crippen molar-refractivity contribution in [3.05, 3.63) is 29.8 Å². The standard InChI is InChI=1S/C11H15NO3/c1-8(2)12(15)7-11(14)9-3-5-10(13)6-4-9/h3-6,8,13,15H,7H2,1-2H3. The van der Waals surface area contributed by atoms with Crippen LogP contribution < -0.4 is 0 Å². The van der Waals surface area contributed by atoms with Gasteiger partial charge in [-0.05, 0) is 38.1 Å². The number of carbonyl (C=O) groups is 1. The summed E-state index contributed by atoms with van der Waals surface area (Å²) in [5, 5.41) is 19.4. The van der Waals surface area contributed by atoms with Gasteiger partial charge in [-0.15, -0.1) is 0 Å². The molecule has 0 heterocycles. The second-order valence-corrected chi connectivity index (χ2v) is 3.66. The van der Waals surface area contributed by atoms with Gasteiger partial charge in [-0.25, -0.2) is 0 Å². The van der Waals surface area contributed by atoms with E-state index in [9.17, 15) is 10.0 Å². The summed E-state index contributed by atoms with van der Waals surface area (Å²) >= 11 is 0. The average Bonchev–Trinajstić information content (AvgIpc) is 2.18. The maximum absolute atomic E-state index is 11.6. The minimum atomic E-state index is -0.175. The molecule has 0 aromatic heterocycles. The van der Waals surface area contributed by atoms with Crippen LogP contribution in [0.2, 0.25) is 0 Å². The van der Waals surface area contributed by atoms with Crippen LogP contribution in [0.3, 0.4) is 0 Å². The molecule has 0 unspecified atom stereocenters. The van der Waals surface area contributed by atoms with Gasteiger partial charge in [0.25, 0.3) is 0 Å². The molecule has 0 aliphatic heterocycles. The fraction of sp³-hybridized carbons (Fsp3) is 0.364. The monoisotopic (exact) mass is 209 g/mol. The predicted molar refractivity (Wildman–Crippen MR) is 56.1 cm³/mol. The summed E-state index contributed by atoms with van der Waals surface area (Å²) in [5.74, 6) is -0.0533. The Labute approximate surface area is 88.7 Å². The largest absolute Gasteiger partial charge is 0.508 e. The Bertz CT molecular complexity index is 332. The van der Waals surface area contributed by atoms with E-state index in [-0.39, 0.29) is 24.1 Å². The number of nitrogens with zero attached hydrogens (tertiary/aromatic N) is 1. The van der Waals surface area contributed by atoms with Gasteiger partial charge in [0.05, 0.1) is 6.54 Å². The lowest BCUT2D eigenvalue weighted by molar-refractivity contribution is -0.107. The number of phenolic OH excluding ortho intramolecular Hbond substituents is 1. The zero-order chi connectivity index (χ0) is 11.4. The molecule has 1 aromatic carbocycles. The van der Waals surface area contributed by atoms with E-state index in [1.807, 2.05) is 0 Å². The van der Waals surface area contributed by atoms with E-state index in [1.165, 1.54) is 24.3 Å². The first-order valence-corrected chi connectivity index (χ1v) is 4.78. The first kappa shape index (κ1) is 11.7. The number of hydrogen-bond acceptors (Lipinski definition) is 4. The summed E-state index contributed by atoms with van der Waals surface area (Å²) in [6.07, 6.45) is 0.